The van der Waals surface area contributed by atoms with Crippen LogP contribution >= 0.6 is 0 Å². The smallest absolute Gasteiger partial charge is 0.221 e. The van der Waals surface area contributed by atoms with Crippen LogP contribution in [0, 0.1) is 0 Å². The van der Waals surface area contributed by atoms with E-state index in [0.29, 0.717) is 13.0 Å². The van der Waals surface area contributed by atoms with E-state index in [1.54, 1.807) is 0 Å². The Hall–Kier alpha value is -1.71. The quantitative estimate of drug-likeness (QED) is 0.682. The van der Waals surface area contributed by atoms with E-state index in [2.05, 4.69) is 17.6 Å². The van der Waals surface area contributed by atoms with E-state index in [1.807, 2.05) is 38.1 Å². The molecule has 0 radical (unpaired) electrons. The number of carbonyl (C=O) groups is 1. The number of carbonyl (C=O) groups excluding carboxylic acids is 1. The van der Waals surface area contributed by atoms with Crippen LogP contribution in [0.15, 0.2) is 24.3 Å². The molecule has 4 nitrogen and oxygen atoms in total. The molecule has 0 saturated carbocycles. The Balaban J connectivity index is 2.36. The zero-order valence-electron chi connectivity index (χ0n) is 12.7. The average Bonchev–Trinajstić information content (AvgIpc) is 2.40. The van der Waals surface area contributed by atoms with Crippen LogP contribution < -0.4 is 15.4 Å². The lowest BCUT2D eigenvalue weighted by Crippen LogP contribution is -2.26. The second-order valence-corrected chi connectivity index (χ2v) is 5.04. The maximum Gasteiger partial charge on any atom is 0.221 e. The van der Waals surface area contributed by atoms with Gasteiger partial charge in [0.1, 0.15) is 5.75 Å². The highest BCUT2D eigenvalue weighted by Gasteiger charge is 2.05. The van der Waals surface area contributed by atoms with Crippen molar-refractivity contribution in [2.45, 2.75) is 46.1 Å². The van der Waals surface area contributed by atoms with Crippen molar-refractivity contribution in [1.82, 2.24) is 5.32 Å². The number of benzene rings is 1. The van der Waals surface area contributed by atoms with Gasteiger partial charge in [0.05, 0.1) is 11.8 Å². The van der Waals surface area contributed by atoms with Gasteiger partial charge in [0.2, 0.25) is 5.91 Å². The molecule has 0 heterocycles. The molecule has 0 unspecified atom stereocenters. The van der Waals surface area contributed by atoms with Crippen molar-refractivity contribution in [3.05, 3.63) is 24.3 Å². The number of anilines is 1. The van der Waals surface area contributed by atoms with Gasteiger partial charge in [-0.05, 0) is 32.4 Å². The van der Waals surface area contributed by atoms with Gasteiger partial charge in [-0.3, -0.25) is 4.79 Å². The topological polar surface area (TPSA) is 50.4 Å². The fraction of sp³-hybridized carbons (Fsp3) is 0.562. The van der Waals surface area contributed by atoms with Gasteiger partial charge < -0.3 is 15.4 Å². The first-order chi connectivity index (χ1) is 9.63. The molecule has 1 amide bonds. The SMILES string of the molecule is CCCCNC(=O)CCNc1ccccc1OC(C)C. The van der Waals surface area contributed by atoms with E-state index in [0.717, 1.165) is 30.8 Å². The van der Waals surface area contributed by atoms with E-state index < -0.39 is 0 Å². The van der Waals surface area contributed by atoms with Crippen LogP contribution in [0.2, 0.25) is 0 Å². The molecule has 0 atom stereocenters. The van der Waals surface area contributed by atoms with Crippen molar-refractivity contribution in [3.8, 4) is 5.75 Å². The molecule has 0 aliphatic carbocycles. The van der Waals surface area contributed by atoms with Crippen molar-refractivity contribution < 1.29 is 9.53 Å². The molecular weight excluding hydrogens is 252 g/mol. The first kappa shape index (κ1) is 16.3. The van der Waals surface area contributed by atoms with Gasteiger partial charge in [-0.25, -0.2) is 0 Å². The molecule has 0 fully saturated rings. The molecule has 0 aromatic heterocycles. The zero-order chi connectivity index (χ0) is 14.8. The summed E-state index contributed by atoms with van der Waals surface area (Å²) in [4.78, 5) is 11.6. The maximum atomic E-state index is 11.6. The van der Waals surface area contributed by atoms with E-state index in [-0.39, 0.29) is 12.0 Å². The van der Waals surface area contributed by atoms with Crippen molar-refractivity contribution in [3.63, 3.8) is 0 Å². The third-order valence-electron chi connectivity index (χ3n) is 2.77. The number of unbranched alkanes of at least 4 members (excludes halogenated alkanes) is 1. The highest BCUT2D eigenvalue weighted by atomic mass is 16.5. The Bertz CT molecular complexity index is 405. The summed E-state index contributed by atoms with van der Waals surface area (Å²) in [7, 11) is 0. The highest BCUT2D eigenvalue weighted by Crippen LogP contribution is 2.24. The lowest BCUT2D eigenvalue weighted by atomic mass is 10.2. The minimum atomic E-state index is 0.0909. The van der Waals surface area contributed by atoms with Crippen molar-refractivity contribution in [2.24, 2.45) is 0 Å². The normalized spacial score (nSPS) is 10.4. The van der Waals surface area contributed by atoms with Crippen LogP contribution in [-0.4, -0.2) is 25.1 Å². The van der Waals surface area contributed by atoms with Gasteiger partial charge in [0.15, 0.2) is 0 Å². The van der Waals surface area contributed by atoms with Crippen LogP contribution in [0.5, 0.6) is 5.75 Å². The Kier molecular flexibility index (Phi) is 7.55. The second-order valence-electron chi connectivity index (χ2n) is 5.04. The van der Waals surface area contributed by atoms with E-state index in [1.165, 1.54) is 0 Å². The van der Waals surface area contributed by atoms with Gasteiger partial charge in [-0.15, -0.1) is 0 Å². The van der Waals surface area contributed by atoms with Crippen LogP contribution in [0.4, 0.5) is 5.69 Å². The number of nitrogens with one attached hydrogen (secondary N) is 2. The molecular formula is C16H26N2O2. The van der Waals surface area contributed by atoms with Gasteiger partial charge in [0, 0.05) is 19.5 Å². The average molecular weight is 278 g/mol. The van der Waals surface area contributed by atoms with E-state index in [4.69, 9.17) is 4.74 Å². The standard InChI is InChI=1S/C16H26N2O2/c1-4-5-11-18-16(19)10-12-17-14-8-6-7-9-15(14)20-13(2)3/h6-9,13,17H,4-5,10-12H2,1-3H3,(H,18,19). The monoisotopic (exact) mass is 278 g/mol. The summed E-state index contributed by atoms with van der Waals surface area (Å²) in [5.74, 6) is 0.919. The molecule has 0 aliphatic heterocycles. The van der Waals surface area contributed by atoms with Crippen molar-refractivity contribution in [2.75, 3.05) is 18.4 Å². The zero-order valence-corrected chi connectivity index (χ0v) is 12.7. The molecule has 0 bridgehead atoms. The van der Waals surface area contributed by atoms with Gasteiger partial charge in [-0.2, -0.15) is 0 Å². The predicted molar refractivity (Wildman–Crippen MR) is 83.2 cm³/mol. The molecule has 4 heteroatoms. The Morgan fingerprint density at radius 1 is 1.25 bits per heavy atom. The first-order valence-electron chi connectivity index (χ1n) is 7.39. The lowest BCUT2D eigenvalue weighted by molar-refractivity contribution is -0.120. The van der Waals surface area contributed by atoms with Gasteiger partial charge in [0.25, 0.3) is 0 Å². The molecule has 1 aromatic carbocycles. The van der Waals surface area contributed by atoms with Crippen molar-refractivity contribution >= 4 is 11.6 Å². The first-order valence-corrected chi connectivity index (χ1v) is 7.39. The van der Waals surface area contributed by atoms with E-state index >= 15 is 0 Å². The number of rotatable bonds is 9. The fourth-order valence-electron chi connectivity index (χ4n) is 1.77. The summed E-state index contributed by atoms with van der Waals surface area (Å²) < 4.78 is 5.72. The maximum absolute atomic E-state index is 11.6. The molecule has 0 aliphatic rings. The van der Waals surface area contributed by atoms with Crippen LogP contribution in [0.3, 0.4) is 0 Å². The molecule has 112 valence electrons. The second kappa shape index (κ2) is 9.23. The van der Waals surface area contributed by atoms with E-state index in [9.17, 15) is 4.79 Å². The summed E-state index contributed by atoms with van der Waals surface area (Å²) in [5.41, 5.74) is 0.933. The Morgan fingerprint density at radius 3 is 2.70 bits per heavy atom. The van der Waals surface area contributed by atoms with Gasteiger partial charge in [-0.1, -0.05) is 25.5 Å². The minimum absolute atomic E-state index is 0.0909. The Morgan fingerprint density at radius 2 is 2.00 bits per heavy atom. The summed E-state index contributed by atoms with van der Waals surface area (Å²) in [6.07, 6.45) is 2.73. The summed E-state index contributed by atoms with van der Waals surface area (Å²) in [6, 6.07) is 7.80. The number of amides is 1. The largest absolute Gasteiger partial charge is 0.489 e. The van der Waals surface area contributed by atoms with Crippen LogP contribution in [0.1, 0.15) is 40.0 Å². The molecule has 1 rings (SSSR count). The molecule has 0 spiro atoms. The summed E-state index contributed by atoms with van der Waals surface area (Å²) in [6.45, 7) is 7.48. The molecule has 1 aromatic rings. The number of hydrogen-bond acceptors (Lipinski definition) is 3. The van der Waals surface area contributed by atoms with Crippen molar-refractivity contribution in [1.29, 1.82) is 0 Å². The number of ether oxygens (including phenoxy) is 1. The third kappa shape index (κ3) is 6.45. The Labute approximate surface area is 121 Å². The van der Waals surface area contributed by atoms with Crippen LogP contribution in [0.25, 0.3) is 0 Å². The molecule has 20 heavy (non-hydrogen) atoms. The number of hydrogen-bond donors (Lipinski definition) is 2. The fourth-order valence-corrected chi connectivity index (χ4v) is 1.77. The summed E-state index contributed by atoms with van der Waals surface area (Å²) in [5, 5.41) is 6.16. The highest BCUT2D eigenvalue weighted by molar-refractivity contribution is 5.76. The number of para-hydroxylation sites is 2. The summed E-state index contributed by atoms with van der Waals surface area (Å²) >= 11 is 0. The van der Waals surface area contributed by atoms with Crippen LogP contribution in [-0.2, 0) is 4.79 Å². The predicted octanol–water partition coefficient (Wildman–Crippen LogP) is 3.19. The molecule has 0 saturated heterocycles. The minimum Gasteiger partial charge on any atom is -0.489 e. The van der Waals surface area contributed by atoms with Gasteiger partial charge >= 0.3 is 0 Å². The molecule has 2 N–H and O–H groups in total. The third-order valence-corrected chi connectivity index (χ3v) is 2.77. The lowest BCUT2D eigenvalue weighted by Gasteiger charge is -2.15.